The third-order valence-electron chi connectivity index (χ3n) is 2.38. The smallest absolute Gasteiger partial charge is 0.545 e. The number of hydrogen-bond donors (Lipinski definition) is 0. The molecule has 0 aliphatic heterocycles. The fourth-order valence-corrected chi connectivity index (χ4v) is 1.43. The molecule has 0 heterocycles. The Morgan fingerprint density at radius 3 is 2.80 bits per heavy atom. The summed E-state index contributed by atoms with van der Waals surface area (Å²) in [5, 5.41) is 19.3. The molecule has 1 aromatic rings. The van der Waals surface area contributed by atoms with Crippen molar-refractivity contribution in [3.05, 3.63) is 47.0 Å². The van der Waals surface area contributed by atoms with Gasteiger partial charge in [0.15, 0.2) is 0 Å². The molecule has 0 spiro atoms. The number of benzene rings is 1. The van der Waals surface area contributed by atoms with Crippen molar-refractivity contribution >= 4 is 12.3 Å². The van der Waals surface area contributed by atoms with Crippen LogP contribution in [0.1, 0.15) is 11.1 Å². The van der Waals surface area contributed by atoms with Gasteiger partial charge in [-0.1, -0.05) is 12.1 Å². The summed E-state index contributed by atoms with van der Waals surface area (Å²) in [5.74, 6) is -1.42. The summed E-state index contributed by atoms with van der Waals surface area (Å²) >= 11 is 0. The number of aldehydes is 1. The van der Waals surface area contributed by atoms with Crippen molar-refractivity contribution in [2.75, 3.05) is 13.2 Å². The number of hydrogen-bond acceptors (Lipinski definition) is 5. The van der Waals surface area contributed by atoms with Gasteiger partial charge in [0.25, 0.3) is 0 Å². The number of ether oxygens (including phenoxy) is 1. The second-order valence-corrected chi connectivity index (χ2v) is 3.73. The van der Waals surface area contributed by atoms with Gasteiger partial charge >= 0.3 is 18.9 Å². The third kappa shape index (κ3) is 6.35. The molecule has 20 heavy (non-hydrogen) atoms. The van der Waals surface area contributed by atoms with Crippen molar-refractivity contribution < 1.29 is 38.3 Å². The molecule has 1 aromatic carbocycles. The average Bonchev–Trinajstić information content (AvgIpc) is 2.42. The van der Waals surface area contributed by atoms with Crippen LogP contribution in [0.5, 0.6) is 0 Å². The van der Waals surface area contributed by atoms with Gasteiger partial charge in [0.1, 0.15) is 6.29 Å². The summed E-state index contributed by atoms with van der Waals surface area (Å²) in [6.07, 6.45) is 1.84. The number of carboxylic acid groups (broad SMARTS) is 1. The Balaban J connectivity index is 0.00000361. The number of carbonyl (C=O) groups excluding carboxylic acids is 2. The maximum Gasteiger partial charge on any atom is 1.00 e. The molecule has 0 aliphatic rings. The first-order valence-electron chi connectivity index (χ1n) is 5.60. The van der Waals surface area contributed by atoms with Crippen LogP contribution >= 0.6 is 0 Å². The number of nitrogens with zero attached hydrogens (tertiary/aromatic N) is 1. The first-order chi connectivity index (χ1) is 9.17. The van der Waals surface area contributed by atoms with E-state index in [2.05, 4.69) is 0 Å². The van der Waals surface area contributed by atoms with E-state index in [4.69, 9.17) is 10.00 Å². The van der Waals surface area contributed by atoms with Crippen LogP contribution in [0.2, 0.25) is 0 Å². The van der Waals surface area contributed by atoms with Crippen molar-refractivity contribution in [3.8, 4) is 6.07 Å². The van der Waals surface area contributed by atoms with E-state index in [9.17, 15) is 14.7 Å². The molecule has 0 aliphatic carbocycles. The molecule has 0 bridgehead atoms. The van der Waals surface area contributed by atoms with Crippen molar-refractivity contribution in [2.24, 2.45) is 0 Å². The van der Waals surface area contributed by atoms with Crippen molar-refractivity contribution in [3.63, 3.8) is 0 Å². The minimum Gasteiger partial charge on any atom is -0.545 e. The van der Waals surface area contributed by atoms with Gasteiger partial charge in [-0.05, 0) is 30.2 Å². The van der Waals surface area contributed by atoms with Crippen LogP contribution in [0, 0.1) is 11.3 Å². The van der Waals surface area contributed by atoms with E-state index >= 15 is 0 Å². The van der Waals surface area contributed by atoms with Gasteiger partial charge in [0.2, 0.25) is 0 Å². The molecule has 0 N–H and O–H groups in total. The quantitative estimate of drug-likeness (QED) is 0.227. The zero-order valence-electron chi connectivity index (χ0n) is 11.2. The van der Waals surface area contributed by atoms with Crippen LogP contribution < -0.4 is 24.0 Å². The number of allylic oxidation sites excluding steroid dienone is 1. The Bertz CT molecular complexity index is 534. The minimum atomic E-state index is -1.42. The number of rotatable bonds is 7. The Kier molecular flexibility index (Phi) is 9.07. The van der Waals surface area contributed by atoms with Crippen LogP contribution in [-0.4, -0.2) is 25.5 Å². The van der Waals surface area contributed by atoms with Crippen molar-refractivity contribution in [1.82, 2.24) is 0 Å². The zero-order chi connectivity index (χ0) is 14.1. The number of nitriles is 1. The summed E-state index contributed by atoms with van der Waals surface area (Å²) in [5.41, 5.74) is 1.29. The fourth-order valence-electron chi connectivity index (χ4n) is 1.43. The van der Waals surface area contributed by atoms with Crippen molar-refractivity contribution in [2.45, 2.75) is 6.42 Å². The first kappa shape index (κ1) is 18.1. The van der Waals surface area contributed by atoms with E-state index in [0.717, 1.165) is 11.6 Å². The summed E-state index contributed by atoms with van der Waals surface area (Å²) < 4.78 is 5.16. The van der Waals surface area contributed by atoms with Crippen LogP contribution in [0.3, 0.4) is 0 Å². The van der Waals surface area contributed by atoms with Crippen LogP contribution in [0.4, 0.5) is 0 Å². The van der Waals surface area contributed by atoms with Gasteiger partial charge in [-0.2, -0.15) is 5.26 Å². The van der Waals surface area contributed by atoms with E-state index in [1.54, 1.807) is 18.2 Å². The predicted molar refractivity (Wildman–Crippen MR) is 64.8 cm³/mol. The second kappa shape index (κ2) is 10.00. The molecule has 0 radical (unpaired) electrons. The summed E-state index contributed by atoms with van der Waals surface area (Å²) in [6, 6.07) is 9.10. The first-order valence-corrected chi connectivity index (χ1v) is 5.60. The molecular weight excluding hydrogens is 253 g/mol. The largest absolute Gasteiger partial charge is 1.00 e. The maximum atomic E-state index is 10.6. The Morgan fingerprint density at radius 1 is 1.45 bits per heavy atom. The van der Waals surface area contributed by atoms with Crippen molar-refractivity contribution in [1.29, 1.82) is 5.26 Å². The van der Waals surface area contributed by atoms with Gasteiger partial charge in [-0.25, -0.2) is 0 Å². The van der Waals surface area contributed by atoms with Crippen LogP contribution in [0.25, 0.3) is 0 Å². The molecule has 98 valence electrons. The van der Waals surface area contributed by atoms with Gasteiger partial charge in [0.05, 0.1) is 30.8 Å². The van der Waals surface area contributed by atoms with Gasteiger partial charge < -0.3 is 14.6 Å². The monoisotopic (exact) mass is 265 g/mol. The topological polar surface area (TPSA) is 90.2 Å². The Labute approximate surface area is 129 Å². The average molecular weight is 265 g/mol. The van der Waals surface area contributed by atoms with E-state index in [0.29, 0.717) is 24.9 Å². The molecular formula is C14H12LiNO4. The van der Waals surface area contributed by atoms with Crippen LogP contribution in [-0.2, 0) is 20.7 Å². The van der Waals surface area contributed by atoms with Gasteiger partial charge in [0, 0.05) is 5.57 Å². The maximum absolute atomic E-state index is 10.6. The molecule has 0 unspecified atom stereocenters. The van der Waals surface area contributed by atoms with E-state index in [-0.39, 0.29) is 31.0 Å². The summed E-state index contributed by atoms with van der Waals surface area (Å²) in [6.45, 7) is 0.109. The van der Waals surface area contributed by atoms with E-state index in [1.165, 1.54) is 0 Å². The minimum absolute atomic E-state index is 0. The molecule has 5 nitrogen and oxygen atoms in total. The van der Waals surface area contributed by atoms with Gasteiger partial charge in [-0.3, -0.25) is 4.79 Å². The Hall–Kier alpha value is -1.85. The van der Waals surface area contributed by atoms with E-state index < -0.39 is 5.97 Å². The van der Waals surface area contributed by atoms with Gasteiger partial charge in [-0.15, -0.1) is 0 Å². The number of carboxylic acids is 1. The molecule has 6 heteroatoms. The normalized spacial score (nSPS) is 10.2. The summed E-state index contributed by atoms with van der Waals surface area (Å²) in [4.78, 5) is 20.8. The second-order valence-electron chi connectivity index (χ2n) is 3.73. The van der Waals surface area contributed by atoms with E-state index in [1.807, 2.05) is 12.1 Å². The Morgan fingerprint density at radius 2 is 2.20 bits per heavy atom. The number of carbonyl (C=O) groups is 2. The zero-order valence-corrected chi connectivity index (χ0v) is 11.2. The fraction of sp³-hybridized carbons (Fsp3) is 0.214. The summed E-state index contributed by atoms with van der Waals surface area (Å²) in [7, 11) is 0. The molecule has 1 rings (SSSR count). The molecule has 0 atom stereocenters. The molecule has 0 saturated heterocycles. The third-order valence-corrected chi connectivity index (χ3v) is 2.38. The molecule has 0 saturated carbocycles. The predicted octanol–water partition coefficient (Wildman–Crippen LogP) is -3.00. The number of aliphatic carboxylic acids is 1. The standard InChI is InChI=1S/C14H13NO4.Li/c15-9-12-3-1-2-11(8-12)5-7-19-10-13(4-6-16)14(17)18;/h1-4,6,8H,5,7,10H2,(H,17,18);/q;+1/p-1/b13-4-;. The molecule has 0 fully saturated rings. The molecule has 0 aromatic heterocycles. The van der Waals surface area contributed by atoms with Crippen LogP contribution in [0.15, 0.2) is 35.9 Å². The molecule has 0 amide bonds. The SMILES string of the molecule is N#Cc1cccc(CCOC/C(=C/C=O)C(=O)[O-])c1.[Li+].